The highest BCUT2D eigenvalue weighted by molar-refractivity contribution is 7.99. The van der Waals surface area contributed by atoms with Gasteiger partial charge in [0.05, 0.1) is 12.9 Å². The smallest absolute Gasteiger partial charge is 0.182 e. The SMILES string of the molecule is CC(C)CCSc1ccc(C(=O)Cn2ccnc2)cc1. The first-order valence-corrected chi connectivity index (χ1v) is 7.85. The van der Waals surface area contributed by atoms with Crippen LogP contribution in [0.15, 0.2) is 47.9 Å². The van der Waals surface area contributed by atoms with Crippen LogP contribution in [0.5, 0.6) is 0 Å². The maximum Gasteiger partial charge on any atom is 0.182 e. The third kappa shape index (κ3) is 4.53. The first kappa shape index (κ1) is 14.9. The van der Waals surface area contributed by atoms with Crippen molar-refractivity contribution in [2.75, 3.05) is 5.75 Å². The Labute approximate surface area is 124 Å². The van der Waals surface area contributed by atoms with E-state index in [-0.39, 0.29) is 5.78 Å². The summed E-state index contributed by atoms with van der Waals surface area (Å²) in [7, 11) is 0. The molecule has 0 bridgehead atoms. The first-order valence-electron chi connectivity index (χ1n) is 6.87. The lowest BCUT2D eigenvalue weighted by atomic mass is 10.1. The highest BCUT2D eigenvalue weighted by atomic mass is 32.2. The zero-order valence-corrected chi connectivity index (χ0v) is 12.8. The Kier molecular flexibility index (Phi) is 5.41. The standard InChI is InChI=1S/C16H20N2OS/c1-13(2)7-10-20-15-5-3-14(4-6-15)16(19)11-18-9-8-17-12-18/h3-6,8-9,12-13H,7,10-11H2,1-2H3. The molecular weight excluding hydrogens is 268 g/mol. The molecule has 2 rings (SSSR count). The molecule has 0 aliphatic rings. The highest BCUT2D eigenvalue weighted by Crippen LogP contribution is 2.21. The van der Waals surface area contributed by atoms with Crippen molar-refractivity contribution in [2.45, 2.75) is 31.7 Å². The largest absolute Gasteiger partial charge is 0.330 e. The molecule has 1 aromatic carbocycles. The molecule has 2 aromatic rings. The molecular formula is C16H20N2OS. The molecule has 1 aromatic heterocycles. The van der Waals surface area contributed by atoms with Crippen molar-refractivity contribution in [1.82, 2.24) is 9.55 Å². The molecule has 0 N–H and O–H groups in total. The number of thioether (sulfide) groups is 1. The second kappa shape index (κ2) is 7.29. The summed E-state index contributed by atoms with van der Waals surface area (Å²) in [5, 5.41) is 0. The predicted octanol–water partition coefficient (Wildman–Crippen LogP) is 3.90. The molecule has 0 atom stereocenters. The number of hydrogen-bond acceptors (Lipinski definition) is 3. The summed E-state index contributed by atoms with van der Waals surface area (Å²) >= 11 is 1.85. The van der Waals surface area contributed by atoms with Crippen LogP contribution in [0.4, 0.5) is 0 Å². The van der Waals surface area contributed by atoms with Crippen LogP contribution in [0.1, 0.15) is 30.6 Å². The van der Waals surface area contributed by atoms with Gasteiger partial charge in [0, 0.05) is 22.9 Å². The van der Waals surface area contributed by atoms with Crippen molar-refractivity contribution in [3.05, 3.63) is 48.5 Å². The fourth-order valence-electron chi connectivity index (χ4n) is 1.79. The van der Waals surface area contributed by atoms with Gasteiger partial charge in [-0.25, -0.2) is 4.98 Å². The minimum absolute atomic E-state index is 0.113. The minimum Gasteiger partial charge on any atom is -0.330 e. The number of Topliss-reactive ketones (excluding diaryl/α,β-unsaturated/α-hetero) is 1. The summed E-state index contributed by atoms with van der Waals surface area (Å²) in [6.07, 6.45) is 6.36. The van der Waals surface area contributed by atoms with Gasteiger partial charge in [-0.3, -0.25) is 4.79 Å². The third-order valence-corrected chi connectivity index (χ3v) is 4.07. The number of benzene rings is 1. The van der Waals surface area contributed by atoms with Crippen molar-refractivity contribution in [3.8, 4) is 0 Å². The molecule has 0 aliphatic carbocycles. The van der Waals surface area contributed by atoms with E-state index in [1.54, 1.807) is 23.3 Å². The summed E-state index contributed by atoms with van der Waals surface area (Å²) in [6, 6.07) is 7.90. The topological polar surface area (TPSA) is 34.9 Å². The summed E-state index contributed by atoms with van der Waals surface area (Å²) in [4.78, 5) is 17.2. The van der Waals surface area contributed by atoms with E-state index in [0.717, 1.165) is 17.2 Å². The van der Waals surface area contributed by atoms with E-state index < -0.39 is 0 Å². The van der Waals surface area contributed by atoms with Crippen molar-refractivity contribution in [3.63, 3.8) is 0 Å². The normalized spacial score (nSPS) is 10.9. The number of carbonyl (C=O) groups is 1. The average molecular weight is 288 g/mol. The van der Waals surface area contributed by atoms with Crippen LogP contribution in [0.2, 0.25) is 0 Å². The molecule has 0 radical (unpaired) electrons. The van der Waals surface area contributed by atoms with Crippen LogP contribution in [0, 0.1) is 5.92 Å². The molecule has 0 saturated heterocycles. The Morgan fingerprint density at radius 3 is 2.65 bits per heavy atom. The van der Waals surface area contributed by atoms with Crippen molar-refractivity contribution in [1.29, 1.82) is 0 Å². The van der Waals surface area contributed by atoms with Gasteiger partial charge in [-0.15, -0.1) is 11.8 Å². The molecule has 0 amide bonds. The Bertz CT molecular complexity index is 532. The molecule has 4 heteroatoms. The maximum atomic E-state index is 12.1. The number of ketones is 1. The van der Waals surface area contributed by atoms with E-state index in [1.807, 2.05) is 36.0 Å². The highest BCUT2D eigenvalue weighted by Gasteiger charge is 2.06. The third-order valence-electron chi connectivity index (χ3n) is 3.03. The van der Waals surface area contributed by atoms with Crippen LogP contribution in [0.3, 0.4) is 0 Å². The molecule has 0 unspecified atom stereocenters. The molecule has 0 fully saturated rings. The monoisotopic (exact) mass is 288 g/mol. The second-order valence-corrected chi connectivity index (χ2v) is 6.38. The molecule has 0 saturated carbocycles. The second-order valence-electron chi connectivity index (χ2n) is 5.21. The summed E-state index contributed by atoms with van der Waals surface area (Å²) in [5.41, 5.74) is 0.756. The molecule has 0 aliphatic heterocycles. The van der Waals surface area contributed by atoms with E-state index >= 15 is 0 Å². The van der Waals surface area contributed by atoms with Crippen molar-refractivity contribution >= 4 is 17.5 Å². The Morgan fingerprint density at radius 1 is 1.30 bits per heavy atom. The number of rotatable bonds is 7. The average Bonchev–Trinajstić information content (AvgIpc) is 2.92. The van der Waals surface area contributed by atoms with Gasteiger partial charge in [0.25, 0.3) is 0 Å². The van der Waals surface area contributed by atoms with Crippen molar-refractivity contribution < 1.29 is 4.79 Å². The Hall–Kier alpha value is -1.55. The number of nitrogens with zero attached hydrogens (tertiary/aromatic N) is 2. The van der Waals surface area contributed by atoms with Gasteiger partial charge in [-0.2, -0.15) is 0 Å². The van der Waals surface area contributed by atoms with Gasteiger partial charge < -0.3 is 4.57 Å². The lowest BCUT2D eigenvalue weighted by molar-refractivity contribution is 0.0972. The van der Waals surface area contributed by atoms with Gasteiger partial charge in [0.1, 0.15) is 0 Å². The lowest BCUT2D eigenvalue weighted by Crippen LogP contribution is -2.08. The lowest BCUT2D eigenvalue weighted by Gasteiger charge is -2.06. The summed E-state index contributed by atoms with van der Waals surface area (Å²) in [6.45, 7) is 4.82. The van der Waals surface area contributed by atoms with E-state index in [9.17, 15) is 4.79 Å². The quantitative estimate of drug-likeness (QED) is 0.572. The Morgan fingerprint density at radius 2 is 2.05 bits per heavy atom. The zero-order valence-electron chi connectivity index (χ0n) is 12.0. The van der Waals surface area contributed by atoms with Crippen LogP contribution in [-0.2, 0) is 6.54 Å². The zero-order chi connectivity index (χ0) is 14.4. The first-order chi connectivity index (χ1) is 9.65. The molecule has 20 heavy (non-hydrogen) atoms. The fraction of sp³-hybridized carbons (Fsp3) is 0.375. The minimum atomic E-state index is 0.113. The van der Waals surface area contributed by atoms with Crippen molar-refractivity contribution in [2.24, 2.45) is 5.92 Å². The number of imidazole rings is 1. The molecule has 106 valence electrons. The van der Waals surface area contributed by atoms with Crippen LogP contribution < -0.4 is 0 Å². The van der Waals surface area contributed by atoms with Gasteiger partial charge in [-0.05, 0) is 30.2 Å². The summed E-state index contributed by atoms with van der Waals surface area (Å²) < 4.78 is 1.79. The number of carbonyl (C=O) groups excluding carboxylic acids is 1. The maximum absolute atomic E-state index is 12.1. The van der Waals surface area contributed by atoms with Crippen LogP contribution in [0.25, 0.3) is 0 Å². The van der Waals surface area contributed by atoms with Crippen LogP contribution >= 0.6 is 11.8 Å². The van der Waals surface area contributed by atoms with Gasteiger partial charge in [0.15, 0.2) is 5.78 Å². The molecule has 3 nitrogen and oxygen atoms in total. The van der Waals surface area contributed by atoms with E-state index in [2.05, 4.69) is 18.8 Å². The van der Waals surface area contributed by atoms with E-state index in [1.165, 1.54) is 11.3 Å². The van der Waals surface area contributed by atoms with E-state index in [4.69, 9.17) is 0 Å². The Balaban J connectivity index is 1.89. The molecule has 1 heterocycles. The number of aromatic nitrogens is 2. The van der Waals surface area contributed by atoms with Gasteiger partial charge in [0.2, 0.25) is 0 Å². The fourth-order valence-corrected chi connectivity index (χ4v) is 2.94. The van der Waals surface area contributed by atoms with Gasteiger partial charge in [-0.1, -0.05) is 26.0 Å². The van der Waals surface area contributed by atoms with Crippen LogP contribution in [-0.4, -0.2) is 21.1 Å². The van der Waals surface area contributed by atoms with Gasteiger partial charge >= 0.3 is 0 Å². The molecule has 0 spiro atoms. The summed E-state index contributed by atoms with van der Waals surface area (Å²) in [5.74, 6) is 1.97. The number of hydrogen-bond donors (Lipinski definition) is 0. The van der Waals surface area contributed by atoms with E-state index in [0.29, 0.717) is 6.54 Å². The predicted molar refractivity (Wildman–Crippen MR) is 83.2 cm³/mol.